The molecule has 16 heavy (non-hydrogen) atoms. The summed E-state index contributed by atoms with van der Waals surface area (Å²) in [4.78, 5) is 1.32. The van der Waals surface area contributed by atoms with Gasteiger partial charge in [-0.25, -0.2) is 0 Å². The first-order chi connectivity index (χ1) is 7.68. The smallest absolute Gasteiger partial charge is 0.0811 e. The monoisotopic (exact) mass is 231 g/mol. The molecule has 0 aliphatic rings. The highest BCUT2D eigenvalue weighted by Gasteiger charge is 2.10. The highest BCUT2D eigenvalue weighted by Crippen LogP contribution is 2.32. The zero-order valence-corrected chi connectivity index (χ0v) is 10.8. The van der Waals surface area contributed by atoms with Crippen LogP contribution in [0, 0.1) is 13.8 Å². The number of hydrogen-bond donors (Lipinski definition) is 0. The average Bonchev–Trinajstić information content (AvgIpc) is 2.60. The number of thioether (sulfide) groups is 1. The van der Waals surface area contributed by atoms with Crippen molar-refractivity contribution in [3.63, 3.8) is 0 Å². The molecule has 0 spiro atoms. The summed E-state index contributed by atoms with van der Waals surface area (Å²) in [5.74, 6) is 0. The lowest BCUT2D eigenvalue weighted by Gasteiger charge is -2.17. The van der Waals surface area contributed by atoms with E-state index in [0.29, 0.717) is 5.37 Å². The number of hydrogen-bond acceptors (Lipinski definition) is 1. The van der Waals surface area contributed by atoms with Gasteiger partial charge in [0.2, 0.25) is 0 Å². The van der Waals surface area contributed by atoms with Crippen molar-refractivity contribution in [1.29, 1.82) is 0 Å². The molecule has 0 saturated carbocycles. The summed E-state index contributed by atoms with van der Waals surface area (Å²) in [7, 11) is 0. The van der Waals surface area contributed by atoms with Crippen molar-refractivity contribution in [2.45, 2.75) is 31.0 Å². The van der Waals surface area contributed by atoms with E-state index in [9.17, 15) is 0 Å². The van der Waals surface area contributed by atoms with Crippen molar-refractivity contribution < 1.29 is 0 Å². The quantitative estimate of drug-likeness (QED) is 0.708. The van der Waals surface area contributed by atoms with Gasteiger partial charge in [0, 0.05) is 16.3 Å². The Morgan fingerprint density at radius 2 is 1.50 bits per heavy atom. The number of benzene rings is 1. The molecule has 0 radical (unpaired) electrons. The molecule has 0 aliphatic carbocycles. The zero-order chi connectivity index (χ0) is 11.5. The Kier molecular flexibility index (Phi) is 3.39. The summed E-state index contributed by atoms with van der Waals surface area (Å²) in [6.07, 6.45) is 0. The number of aromatic nitrogens is 1. The molecule has 1 aromatic heterocycles. The standard InChI is InChI=1S/C14H17NS/c1-11-9-10-12(2)15(11)13(3)16-14-7-5-4-6-8-14/h4-10,13H,1-3H3. The molecule has 2 rings (SSSR count). The molecule has 0 aliphatic heterocycles. The van der Waals surface area contributed by atoms with E-state index in [0.717, 1.165) is 0 Å². The predicted molar refractivity (Wildman–Crippen MR) is 70.9 cm³/mol. The third-order valence-corrected chi connectivity index (χ3v) is 3.84. The molecular weight excluding hydrogens is 214 g/mol. The van der Waals surface area contributed by atoms with Gasteiger partial charge in [0.05, 0.1) is 5.37 Å². The molecule has 0 fully saturated rings. The Balaban J connectivity index is 2.18. The lowest BCUT2D eigenvalue weighted by molar-refractivity contribution is 0.698. The number of aryl methyl sites for hydroxylation is 2. The zero-order valence-electron chi connectivity index (χ0n) is 9.97. The van der Waals surface area contributed by atoms with Gasteiger partial charge in [-0.2, -0.15) is 0 Å². The summed E-state index contributed by atoms with van der Waals surface area (Å²) in [5.41, 5.74) is 2.65. The molecule has 0 bridgehead atoms. The summed E-state index contributed by atoms with van der Waals surface area (Å²) in [6, 6.07) is 14.9. The fraction of sp³-hybridized carbons (Fsp3) is 0.286. The van der Waals surface area contributed by atoms with Crippen LogP contribution in [0.4, 0.5) is 0 Å². The van der Waals surface area contributed by atoms with Crippen molar-refractivity contribution in [3.05, 3.63) is 53.9 Å². The number of nitrogens with zero attached hydrogens (tertiary/aromatic N) is 1. The van der Waals surface area contributed by atoms with Crippen molar-refractivity contribution in [1.82, 2.24) is 4.57 Å². The maximum atomic E-state index is 2.37. The molecule has 2 aromatic rings. The second-order valence-electron chi connectivity index (χ2n) is 4.02. The normalized spacial score (nSPS) is 12.7. The SMILES string of the molecule is Cc1ccc(C)n1C(C)Sc1ccccc1. The van der Waals surface area contributed by atoms with E-state index >= 15 is 0 Å². The van der Waals surface area contributed by atoms with Gasteiger partial charge in [-0.15, -0.1) is 11.8 Å². The molecule has 84 valence electrons. The minimum absolute atomic E-state index is 0.442. The van der Waals surface area contributed by atoms with E-state index in [2.05, 4.69) is 67.8 Å². The molecular formula is C14H17NS. The maximum absolute atomic E-state index is 2.37. The Labute approximate surface area is 101 Å². The molecule has 1 nitrogen and oxygen atoms in total. The van der Waals surface area contributed by atoms with Crippen molar-refractivity contribution in [2.24, 2.45) is 0 Å². The molecule has 1 atom stereocenters. The lowest BCUT2D eigenvalue weighted by Crippen LogP contribution is -2.04. The molecule has 0 saturated heterocycles. The van der Waals surface area contributed by atoms with Crippen LogP contribution in [0.5, 0.6) is 0 Å². The van der Waals surface area contributed by atoms with Gasteiger partial charge in [0.1, 0.15) is 0 Å². The second-order valence-corrected chi connectivity index (χ2v) is 5.41. The van der Waals surface area contributed by atoms with Crippen LogP contribution in [0.25, 0.3) is 0 Å². The van der Waals surface area contributed by atoms with Gasteiger partial charge < -0.3 is 4.57 Å². The maximum Gasteiger partial charge on any atom is 0.0811 e. The molecule has 0 N–H and O–H groups in total. The molecule has 1 heterocycles. The summed E-state index contributed by atoms with van der Waals surface area (Å²) in [5, 5.41) is 0.442. The summed E-state index contributed by atoms with van der Waals surface area (Å²) in [6.45, 7) is 6.57. The topological polar surface area (TPSA) is 4.93 Å². The molecule has 2 heteroatoms. The minimum Gasteiger partial charge on any atom is -0.337 e. The summed E-state index contributed by atoms with van der Waals surface area (Å²) < 4.78 is 2.37. The van der Waals surface area contributed by atoms with Crippen LogP contribution < -0.4 is 0 Å². The predicted octanol–water partition coefficient (Wildman–Crippen LogP) is 4.42. The highest BCUT2D eigenvalue weighted by molar-refractivity contribution is 7.99. The Morgan fingerprint density at radius 3 is 2.06 bits per heavy atom. The van der Waals surface area contributed by atoms with Gasteiger partial charge in [0.25, 0.3) is 0 Å². The third kappa shape index (κ3) is 2.33. The van der Waals surface area contributed by atoms with Crippen molar-refractivity contribution >= 4 is 11.8 Å². The Bertz CT molecular complexity index is 439. The van der Waals surface area contributed by atoms with Crippen molar-refractivity contribution in [2.75, 3.05) is 0 Å². The third-order valence-electron chi connectivity index (χ3n) is 2.74. The first kappa shape index (κ1) is 11.3. The van der Waals surface area contributed by atoms with E-state index in [-0.39, 0.29) is 0 Å². The van der Waals surface area contributed by atoms with Gasteiger partial charge in [-0.3, -0.25) is 0 Å². The van der Waals surface area contributed by atoms with Crippen molar-refractivity contribution in [3.8, 4) is 0 Å². The average molecular weight is 231 g/mol. The number of rotatable bonds is 3. The Morgan fingerprint density at radius 1 is 0.938 bits per heavy atom. The largest absolute Gasteiger partial charge is 0.337 e. The van der Waals surface area contributed by atoms with Gasteiger partial charge in [-0.05, 0) is 45.0 Å². The first-order valence-electron chi connectivity index (χ1n) is 5.54. The van der Waals surface area contributed by atoms with E-state index in [1.165, 1.54) is 16.3 Å². The van der Waals surface area contributed by atoms with Crippen LogP contribution in [-0.2, 0) is 0 Å². The minimum atomic E-state index is 0.442. The van der Waals surface area contributed by atoms with Crippen LogP contribution in [0.1, 0.15) is 23.7 Å². The highest BCUT2D eigenvalue weighted by atomic mass is 32.2. The summed E-state index contributed by atoms with van der Waals surface area (Å²) >= 11 is 1.89. The fourth-order valence-electron chi connectivity index (χ4n) is 2.00. The van der Waals surface area contributed by atoms with Crippen LogP contribution in [-0.4, -0.2) is 4.57 Å². The molecule has 1 aromatic carbocycles. The van der Waals surface area contributed by atoms with E-state index in [1.807, 2.05) is 11.8 Å². The van der Waals surface area contributed by atoms with Crippen LogP contribution in [0.3, 0.4) is 0 Å². The first-order valence-corrected chi connectivity index (χ1v) is 6.42. The van der Waals surface area contributed by atoms with E-state index in [4.69, 9.17) is 0 Å². The second kappa shape index (κ2) is 4.79. The van der Waals surface area contributed by atoms with E-state index < -0.39 is 0 Å². The van der Waals surface area contributed by atoms with Gasteiger partial charge in [0.15, 0.2) is 0 Å². The Hall–Kier alpha value is -1.15. The molecule has 1 unspecified atom stereocenters. The lowest BCUT2D eigenvalue weighted by atomic mass is 10.4. The van der Waals surface area contributed by atoms with E-state index in [1.54, 1.807) is 0 Å². The van der Waals surface area contributed by atoms with Crippen LogP contribution in [0.2, 0.25) is 0 Å². The van der Waals surface area contributed by atoms with Crippen LogP contribution >= 0.6 is 11.8 Å². The van der Waals surface area contributed by atoms with Gasteiger partial charge in [-0.1, -0.05) is 18.2 Å². The fourth-order valence-corrected chi connectivity index (χ4v) is 3.15. The van der Waals surface area contributed by atoms with Crippen LogP contribution in [0.15, 0.2) is 47.4 Å². The molecule has 0 amide bonds. The van der Waals surface area contributed by atoms with Gasteiger partial charge >= 0.3 is 0 Å².